The van der Waals surface area contributed by atoms with E-state index in [1.165, 1.54) is 0 Å². The largest absolute Gasteiger partial charge is 0.507 e. The van der Waals surface area contributed by atoms with Gasteiger partial charge in [0.15, 0.2) is 0 Å². The molecule has 1 unspecified atom stereocenters. The van der Waals surface area contributed by atoms with Gasteiger partial charge in [-0.2, -0.15) is 0 Å². The Bertz CT molecular complexity index is 420. The fourth-order valence-electron chi connectivity index (χ4n) is 2.39. The predicted octanol–water partition coefficient (Wildman–Crippen LogP) is 4.77. The topological polar surface area (TPSA) is 37.3 Å². The quantitative estimate of drug-likeness (QED) is 0.742. The van der Waals surface area contributed by atoms with Gasteiger partial charge in [-0.15, -0.1) is 0 Å². The highest BCUT2D eigenvalue weighted by molar-refractivity contribution is 5.83. The summed E-state index contributed by atoms with van der Waals surface area (Å²) >= 11 is 0. The molecule has 0 bridgehead atoms. The molecule has 0 aromatic heterocycles. The van der Waals surface area contributed by atoms with E-state index in [0.29, 0.717) is 5.75 Å². The first-order valence-corrected chi connectivity index (χ1v) is 7.86. The molecule has 0 spiro atoms. The molecule has 0 amide bonds. The first-order chi connectivity index (χ1) is 9.51. The minimum Gasteiger partial charge on any atom is -0.507 e. The van der Waals surface area contributed by atoms with Crippen molar-refractivity contribution in [3.63, 3.8) is 0 Å². The normalized spacial score (nSPS) is 12.4. The molecule has 2 heteroatoms. The van der Waals surface area contributed by atoms with Gasteiger partial charge in [-0.1, -0.05) is 45.7 Å². The van der Waals surface area contributed by atoms with Gasteiger partial charge < -0.3 is 5.11 Å². The minimum atomic E-state index is -0.0867. The van der Waals surface area contributed by atoms with E-state index in [-0.39, 0.29) is 11.7 Å². The highest BCUT2D eigenvalue weighted by Crippen LogP contribution is 2.31. The lowest BCUT2D eigenvalue weighted by Crippen LogP contribution is -2.06. The van der Waals surface area contributed by atoms with Gasteiger partial charge in [0.05, 0.1) is 0 Å². The number of hydrogen-bond acceptors (Lipinski definition) is 2. The molecule has 1 atom stereocenters. The number of hydrogen-bond donors (Lipinski definition) is 1. The smallest absolute Gasteiger partial charge is 0.136 e. The van der Waals surface area contributed by atoms with Crippen molar-refractivity contribution in [1.29, 1.82) is 0 Å². The third-order valence-electron chi connectivity index (χ3n) is 4.00. The molecule has 0 aliphatic heterocycles. The van der Waals surface area contributed by atoms with Crippen molar-refractivity contribution in [2.45, 2.75) is 72.1 Å². The van der Waals surface area contributed by atoms with Gasteiger partial charge in [-0.3, -0.25) is 4.79 Å². The van der Waals surface area contributed by atoms with Crippen molar-refractivity contribution >= 4 is 5.78 Å². The van der Waals surface area contributed by atoms with Gasteiger partial charge in [0.25, 0.3) is 0 Å². The molecular formula is C18H28O2. The van der Waals surface area contributed by atoms with Crippen LogP contribution in [0, 0.1) is 0 Å². The molecule has 1 aromatic carbocycles. The van der Waals surface area contributed by atoms with Gasteiger partial charge in [0, 0.05) is 5.92 Å². The number of aromatic hydroxyl groups is 1. The lowest BCUT2D eigenvalue weighted by Gasteiger charge is -2.16. The first kappa shape index (κ1) is 16.7. The fourth-order valence-corrected chi connectivity index (χ4v) is 2.39. The molecule has 1 N–H and O–H groups in total. The van der Waals surface area contributed by atoms with E-state index < -0.39 is 0 Å². The van der Waals surface area contributed by atoms with Crippen LogP contribution in [0.4, 0.5) is 0 Å². The van der Waals surface area contributed by atoms with Gasteiger partial charge >= 0.3 is 0 Å². The maximum absolute atomic E-state index is 11.6. The minimum absolute atomic E-state index is 0.0867. The molecule has 1 aromatic rings. The number of phenolic OH excluding ortho intramolecular Hbond substituents is 1. The molecule has 0 aliphatic carbocycles. The molecule has 0 radical (unpaired) electrons. The third kappa shape index (κ3) is 4.36. The Morgan fingerprint density at radius 2 is 1.55 bits per heavy atom. The van der Waals surface area contributed by atoms with E-state index in [4.69, 9.17) is 0 Å². The maximum atomic E-state index is 11.6. The van der Waals surface area contributed by atoms with E-state index in [2.05, 4.69) is 13.8 Å². The van der Waals surface area contributed by atoms with Crippen molar-refractivity contribution in [2.75, 3.05) is 0 Å². The Hall–Kier alpha value is -1.31. The van der Waals surface area contributed by atoms with Crippen molar-refractivity contribution < 1.29 is 9.90 Å². The molecule has 0 fully saturated rings. The SMILES string of the molecule is CCCCc1cc(C(C)C(C)=O)cc(CCCC)c1O. The zero-order valence-electron chi connectivity index (χ0n) is 13.3. The van der Waals surface area contributed by atoms with Crippen LogP contribution in [0.3, 0.4) is 0 Å². The first-order valence-electron chi connectivity index (χ1n) is 7.86. The van der Waals surface area contributed by atoms with Crippen LogP contribution in [0.25, 0.3) is 0 Å². The second-order valence-electron chi connectivity index (χ2n) is 5.73. The van der Waals surface area contributed by atoms with Crippen LogP contribution >= 0.6 is 0 Å². The van der Waals surface area contributed by atoms with Gasteiger partial charge in [-0.25, -0.2) is 0 Å². The van der Waals surface area contributed by atoms with Crippen LogP contribution in [0.1, 0.15) is 76.0 Å². The predicted molar refractivity (Wildman–Crippen MR) is 84.4 cm³/mol. The van der Waals surface area contributed by atoms with Crippen molar-refractivity contribution in [3.05, 3.63) is 28.8 Å². The van der Waals surface area contributed by atoms with E-state index in [0.717, 1.165) is 55.2 Å². The second-order valence-corrected chi connectivity index (χ2v) is 5.73. The van der Waals surface area contributed by atoms with Crippen LogP contribution in [0.15, 0.2) is 12.1 Å². The summed E-state index contributed by atoms with van der Waals surface area (Å²) < 4.78 is 0. The summed E-state index contributed by atoms with van der Waals surface area (Å²) in [5.74, 6) is 0.543. The number of rotatable bonds is 8. The molecule has 0 saturated carbocycles. The third-order valence-corrected chi connectivity index (χ3v) is 4.00. The maximum Gasteiger partial charge on any atom is 0.136 e. The fraction of sp³-hybridized carbons (Fsp3) is 0.611. The Morgan fingerprint density at radius 1 is 1.10 bits per heavy atom. The molecule has 0 saturated heterocycles. The van der Waals surface area contributed by atoms with E-state index in [1.54, 1.807) is 6.92 Å². The average Bonchev–Trinajstić information content (AvgIpc) is 2.43. The van der Waals surface area contributed by atoms with E-state index in [9.17, 15) is 9.90 Å². The van der Waals surface area contributed by atoms with Gasteiger partial charge in [0.2, 0.25) is 0 Å². The average molecular weight is 276 g/mol. The van der Waals surface area contributed by atoms with Crippen LogP contribution in [0.5, 0.6) is 5.75 Å². The van der Waals surface area contributed by atoms with Crippen molar-refractivity contribution in [3.8, 4) is 5.75 Å². The number of benzene rings is 1. The number of carbonyl (C=O) groups is 1. The summed E-state index contributed by atoms with van der Waals surface area (Å²) in [5.41, 5.74) is 3.06. The zero-order valence-corrected chi connectivity index (χ0v) is 13.3. The van der Waals surface area contributed by atoms with Gasteiger partial charge in [-0.05, 0) is 49.3 Å². The molecule has 1 rings (SSSR count). The van der Waals surface area contributed by atoms with Crippen LogP contribution < -0.4 is 0 Å². The summed E-state index contributed by atoms with van der Waals surface area (Å²) in [6.07, 6.45) is 6.13. The summed E-state index contributed by atoms with van der Waals surface area (Å²) in [6.45, 7) is 7.88. The van der Waals surface area contributed by atoms with Crippen LogP contribution in [-0.4, -0.2) is 10.9 Å². The molecule has 2 nitrogen and oxygen atoms in total. The lowest BCUT2D eigenvalue weighted by atomic mass is 9.90. The summed E-state index contributed by atoms with van der Waals surface area (Å²) in [4.78, 5) is 11.6. The summed E-state index contributed by atoms with van der Waals surface area (Å²) in [7, 11) is 0. The number of unbranched alkanes of at least 4 members (excludes halogenated alkanes) is 2. The molecule has 20 heavy (non-hydrogen) atoms. The Kier molecular flexibility index (Phi) is 6.77. The number of carbonyl (C=O) groups excluding carboxylic acids is 1. The standard InChI is InChI=1S/C18H28O2/c1-5-7-9-15-11-17(13(3)14(4)19)12-16(18(15)20)10-8-6-2/h11-13,20H,5-10H2,1-4H3. The lowest BCUT2D eigenvalue weighted by molar-refractivity contribution is -0.118. The molecular weight excluding hydrogens is 248 g/mol. The Morgan fingerprint density at radius 3 is 1.90 bits per heavy atom. The highest BCUT2D eigenvalue weighted by Gasteiger charge is 2.16. The van der Waals surface area contributed by atoms with Crippen LogP contribution in [0.2, 0.25) is 0 Å². The highest BCUT2D eigenvalue weighted by atomic mass is 16.3. The zero-order chi connectivity index (χ0) is 15.1. The Labute approximate surface area is 123 Å². The van der Waals surface area contributed by atoms with Crippen LogP contribution in [-0.2, 0) is 17.6 Å². The van der Waals surface area contributed by atoms with Crippen molar-refractivity contribution in [2.24, 2.45) is 0 Å². The van der Waals surface area contributed by atoms with Gasteiger partial charge in [0.1, 0.15) is 11.5 Å². The summed E-state index contributed by atoms with van der Waals surface area (Å²) in [6, 6.07) is 4.04. The molecule has 0 aliphatic rings. The molecule has 112 valence electrons. The Balaban J connectivity index is 3.14. The van der Waals surface area contributed by atoms with E-state index in [1.807, 2.05) is 19.1 Å². The van der Waals surface area contributed by atoms with E-state index >= 15 is 0 Å². The summed E-state index contributed by atoms with van der Waals surface area (Å²) in [5, 5.41) is 10.4. The number of ketones is 1. The molecule has 0 heterocycles. The number of phenols is 1. The van der Waals surface area contributed by atoms with Crippen molar-refractivity contribution in [1.82, 2.24) is 0 Å². The monoisotopic (exact) mass is 276 g/mol. The second kappa shape index (κ2) is 8.08. The number of aryl methyl sites for hydroxylation is 2. The number of Topliss-reactive ketones (excluding diaryl/α,β-unsaturated/α-hetero) is 1.